The first kappa shape index (κ1) is 21.0. The Kier molecular flexibility index (Phi) is 7.81. The molecule has 0 fully saturated rings. The zero-order chi connectivity index (χ0) is 20.5. The van der Waals surface area contributed by atoms with Gasteiger partial charge in [0.05, 0.1) is 26.4 Å². The van der Waals surface area contributed by atoms with E-state index in [-0.39, 0.29) is 5.91 Å². The predicted molar refractivity (Wildman–Crippen MR) is 111 cm³/mol. The van der Waals surface area contributed by atoms with Crippen molar-refractivity contribution in [2.75, 3.05) is 26.9 Å². The van der Waals surface area contributed by atoms with Crippen LogP contribution in [-0.2, 0) is 34.0 Å². The summed E-state index contributed by atoms with van der Waals surface area (Å²) in [5.41, 5.74) is 3.48. The van der Waals surface area contributed by atoms with Gasteiger partial charge in [-0.2, -0.15) is 0 Å². The smallest absolute Gasteiger partial charge is 0.287 e. The fourth-order valence-corrected chi connectivity index (χ4v) is 3.11. The SMILES string of the molecule is CCOCCOCc1cccc(CNC(=O)c2oc3ccccc3c2COC)c1. The van der Waals surface area contributed by atoms with Crippen LogP contribution in [0, 0.1) is 0 Å². The molecular formula is C23H27NO5. The summed E-state index contributed by atoms with van der Waals surface area (Å²) in [4.78, 5) is 12.7. The molecule has 6 heteroatoms. The molecule has 0 saturated heterocycles. The molecule has 1 N–H and O–H groups in total. The van der Waals surface area contributed by atoms with Crippen LogP contribution in [0.5, 0.6) is 0 Å². The number of methoxy groups -OCH3 is 1. The van der Waals surface area contributed by atoms with Crippen LogP contribution in [0.25, 0.3) is 11.0 Å². The van der Waals surface area contributed by atoms with Gasteiger partial charge in [-0.3, -0.25) is 4.79 Å². The van der Waals surface area contributed by atoms with E-state index in [0.29, 0.717) is 50.9 Å². The number of nitrogens with one attached hydrogen (secondary N) is 1. The van der Waals surface area contributed by atoms with Crippen LogP contribution < -0.4 is 5.32 Å². The zero-order valence-corrected chi connectivity index (χ0v) is 16.9. The number of hydrogen-bond donors (Lipinski definition) is 1. The van der Waals surface area contributed by atoms with Crippen molar-refractivity contribution in [3.05, 3.63) is 71.0 Å². The van der Waals surface area contributed by atoms with Gasteiger partial charge in [-0.05, 0) is 24.1 Å². The maximum absolute atomic E-state index is 12.7. The highest BCUT2D eigenvalue weighted by atomic mass is 16.5. The van der Waals surface area contributed by atoms with E-state index in [1.54, 1.807) is 7.11 Å². The van der Waals surface area contributed by atoms with Crippen LogP contribution in [0.2, 0.25) is 0 Å². The number of rotatable bonds is 11. The number of furan rings is 1. The maximum atomic E-state index is 12.7. The molecule has 0 aliphatic carbocycles. The van der Waals surface area contributed by atoms with E-state index in [2.05, 4.69) is 5.32 Å². The predicted octanol–water partition coefficient (Wildman–Crippen LogP) is 4.06. The second kappa shape index (κ2) is 10.8. The average Bonchev–Trinajstić information content (AvgIpc) is 3.11. The van der Waals surface area contributed by atoms with Crippen molar-refractivity contribution in [1.29, 1.82) is 0 Å². The van der Waals surface area contributed by atoms with Crippen LogP contribution in [0.4, 0.5) is 0 Å². The van der Waals surface area contributed by atoms with Crippen LogP contribution in [0.3, 0.4) is 0 Å². The highest BCUT2D eigenvalue weighted by molar-refractivity contribution is 5.99. The van der Waals surface area contributed by atoms with Crippen molar-refractivity contribution < 1.29 is 23.4 Å². The van der Waals surface area contributed by atoms with Gasteiger partial charge in [0.1, 0.15) is 5.58 Å². The Morgan fingerprint density at radius 2 is 1.79 bits per heavy atom. The fraction of sp³-hybridized carbons (Fsp3) is 0.348. The van der Waals surface area contributed by atoms with Crippen LogP contribution in [-0.4, -0.2) is 32.8 Å². The third kappa shape index (κ3) is 5.67. The number of para-hydroxylation sites is 1. The molecule has 6 nitrogen and oxygen atoms in total. The van der Waals surface area contributed by atoms with Crippen LogP contribution in [0.15, 0.2) is 52.9 Å². The molecule has 2 aromatic carbocycles. The molecule has 1 aromatic heterocycles. The van der Waals surface area contributed by atoms with Crippen molar-refractivity contribution >= 4 is 16.9 Å². The van der Waals surface area contributed by atoms with Gasteiger partial charge in [0.25, 0.3) is 5.91 Å². The molecule has 1 amide bonds. The second-order valence-corrected chi connectivity index (χ2v) is 6.59. The second-order valence-electron chi connectivity index (χ2n) is 6.59. The Morgan fingerprint density at radius 1 is 1.00 bits per heavy atom. The lowest BCUT2D eigenvalue weighted by molar-refractivity contribution is 0.0453. The third-order valence-electron chi connectivity index (χ3n) is 4.48. The quantitative estimate of drug-likeness (QED) is 0.494. The summed E-state index contributed by atoms with van der Waals surface area (Å²) in [5.74, 6) is 0.0371. The molecule has 0 aliphatic heterocycles. The summed E-state index contributed by atoms with van der Waals surface area (Å²) in [7, 11) is 1.60. The molecule has 1 heterocycles. The molecule has 0 atom stereocenters. The average molecular weight is 397 g/mol. The summed E-state index contributed by atoms with van der Waals surface area (Å²) in [6, 6.07) is 15.5. The first-order valence-electron chi connectivity index (χ1n) is 9.73. The van der Waals surface area contributed by atoms with Gasteiger partial charge < -0.3 is 23.9 Å². The molecule has 0 unspecified atom stereocenters. The minimum absolute atomic E-state index is 0.258. The van der Waals surface area contributed by atoms with Crippen molar-refractivity contribution in [3.8, 4) is 0 Å². The number of benzene rings is 2. The summed E-state index contributed by atoms with van der Waals surface area (Å²) in [6.45, 7) is 5.02. The van der Waals surface area contributed by atoms with Gasteiger partial charge in [-0.25, -0.2) is 0 Å². The standard InChI is InChI=1S/C23H27NO5/c1-3-27-11-12-28-15-18-8-6-7-17(13-18)14-24-23(25)22-20(16-26-2)19-9-4-5-10-21(19)29-22/h4-10,13H,3,11-12,14-16H2,1-2H3,(H,24,25). The van der Waals surface area contributed by atoms with Crippen molar-refractivity contribution in [2.45, 2.75) is 26.7 Å². The van der Waals surface area contributed by atoms with Crippen molar-refractivity contribution in [1.82, 2.24) is 5.32 Å². The monoisotopic (exact) mass is 397 g/mol. The van der Waals surface area contributed by atoms with Crippen LogP contribution >= 0.6 is 0 Å². The lowest BCUT2D eigenvalue weighted by atomic mass is 10.1. The van der Waals surface area contributed by atoms with Crippen molar-refractivity contribution in [2.24, 2.45) is 0 Å². The molecule has 3 aromatic rings. The third-order valence-corrected chi connectivity index (χ3v) is 4.48. The van der Waals surface area contributed by atoms with E-state index < -0.39 is 0 Å². The minimum atomic E-state index is -0.258. The Morgan fingerprint density at radius 3 is 2.62 bits per heavy atom. The molecule has 0 saturated carbocycles. The number of amides is 1. The largest absolute Gasteiger partial charge is 0.451 e. The van der Waals surface area contributed by atoms with E-state index in [1.807, 2.05) is 55.5 Å². The molecule has 0 spiro atoms. The van der Waals surface area contributed by atoms with Gasteiger partial charge in [0.2, 0.25) is 0 Å². The first-order valence-corrected chi connectivity index (χ1v) is 9.73. The molecule has 0 bridgehead atoms. The molecular weight excluding hydrogens is 370 g/mol. The summed E-state index contributed by atoms with van der Waals surface area (Å²) in [6.07, 6.45) is 0. The topological polar surface area (TPSA) is 69.9 Å². The lowest BCUT2D eigenvalue weighted by Crippen LogP contribution is -2.23. The van der Waals surface area contributed by atoms with E-state index in [9.17, 15) is 4.79 Å². The number of carbonyl (C=O) groups is 1. The van der Waals surface area contributed by atoms with E-state index in [0.717, 1.165) is 22.1 Å². The highest BCUT2D eigenvalue weighted by Crippen LogP contribution is 2.26. The van der Waals surface area contributed by atoms with Gasteiger partial charge in [-0.15, -0.1) is 0 Å². The van der Waals surface area contributed by atoms with Crippen LogP contribution in [0.1, 0.15) is 34.2 Å². The highest BCUT2D eigenvalue weighted by Gasteiger charge is 2.20. The fourth-order valence-electron chi connectivity index (χ4n) is 3.11. The summed E-state index contributed by atoms with van der Waals surface area (Å²) < 4.78 is 21.9. The van der Waals surface area contributed by atoms with Crippen molar-refractivity contribution in [3.63, 3.8) is 0 Å². The summed E-state index contributed by atoms with van der Waals surface area (Å²) in [5, 5.41) is 3.83. The van der Waals surface area contributed by atoms with Gasteiger partial charge >= 0.3 is 0 Å². The van der Waals surface area contributed by atoms with E-state index in [1.165, 1.54) is 0 Å². The first-order chi connectivity index (χ1) is 14.2. The van der Waals surface area contributed by atoms with Gasteiger partial charge in [0.15, 0.2) is 5.76 Å². The summed E-state index contributed by atoms with van der Waals surface area (Å²) >= 11 is 0. The Bertz CT molecular complexity index is 934. The molecule has 0 aliphatic rings. The normalized spacial score (nSPS) is 11.1. The number of carbonyl (C=O) groups excluding carboxylic acids is 1. The number of fused-ring (bicyclic) bond motifs is 1. The number of ether oxygens (including phenoxy) is 3. The molecule has 154 valence electrons. The Hall–Kier alpha value is -2.67. The maximum Gasteiger partial charge on any atom is 0.287 e. The molecule has 0 radical (unpaired) electrons. The molecule has 29 heavy (non-hydrogen) atoms. The Labute approximate surface area is 170 Å². The zero-order valence-electron chi connectivity index (χ0n) is 16.9. The lowest BCUT2D eigenvalue weighted by Gasteiger charge is -2.08. The van der Waals surface area contributed by atoms with Gasteiger partial charge in [-0.1, -0.05) is 42.5 Å². The van der Waals surface area contributed by atoms with E-state index in [4.69, 9.17) is 18.6 Å². The minimum Gasteiger partial charge on any atom is -0.451 e. The van der Waals surface area contributed by atoms with E-state index >= 15 is 0 Å². The van der Waals surface area contributed by atoms with Gasteiger partial charge in [0, 0.05) is 31.2 Å². The number of hydrogen-bond acceptors (Lipinski definition) is 5. The molecule has 3 rings (SSSR count). The Balaban J connectivity index is 1.61.